The molecule has 0 radical (unpaired) electrons. The maximum Gasteiger partial charge on any atom is 0.315 e. The van der Waals surface area contributed by atoms with Gasteiger partial charge in [-0.1, -0.05) is 45.3 Å². The highest BCUT2D eigenvalue weighted by molar-refractivity contribution is 6.38. The van der Waals surface area contributed by atoms with Gasteiger partial charge in [0.15, 0.2) is 0 Å². The topological polar surface area (TPSA) is 137 Å². The lowest BCUT2D eigenvalue weighted by atomic mass is 9.53. The number of allylic oxidation sites excluding steroid dienone is 1. The van der Waals surface area contributed by atoms with Gasteiger partial charge in [0.1, 0.15) is 12.1 Å². The van der Waals surface area contributed by atoms with Gasteiger partial charge in [-0.15, -0.1) is 13.2 Å². The minimum atomic E-state index is -1.03. The number of likely N-dealkylation sites (tertiary alicyclic amines) is 1. The van der Waals surface area contributed by atoms with Crippen LogP contribution in [0.3, 0.4) is 0 Å². The Balaban J connectivity index is 1.18. The fourth-order valence-electron chi connectivity index (χ4n) is 10.9. The van der Waals surface area contributed by atoms with Crippen molar-refractivity contribution < 1.29 is 24.0 Å². The molecular weight excluding hydrogens is 606 g/mol. The molecule has 1 unspecified atom stereocenters. The van der Waals surface area contributed by atoms with E-state index >= 15 is 0 Å². The number of carbonyl (C=O) groups is 5. The maximum absolute atomic E-state index is 14.6. The van der Waals surface area contributed by atoms with Crippen molar-refractivity contribution in [2.24, 2.45) is 40.9 Å². The third kappa shape index (κ3) is 6.95. The van der Waals surface area contributed by atoms with Gasteiger partial charge in [-0.2, -0.15) is 0 Å². The van der Waals surface area contributed by atoms with E-state index in [1.807, 2.05) is 0 Å². The van der Waals surface area contributed by atoms with Crippen LogP contribution in [0.1, 0.15) is 104 Å². The van der Waals surface area contributed by atoms with Gasteiger partial charge in [-0.05, 0) is 112 Å². The third-order valence-corrected chi connectivity index (χ3v) is 13.0. The summed E-state index contributed by atoms with van der Waals surface area (Å²) in [5.74, 6) is 0.0697. The van der Waals surface area contributed by atoms with Crippen LogP contribution in [-0.2, 0) is 19.2 Å². The second-order valence-corrected chi connectivity index (χ2v) is 16.7. The van der Waals surface area contributed by atoms with Gasteiger partial charge in [-0.3, -0.25) is 19.2 Å². The van der Waals surface area contributed by atoms with Crippen LogP contribution in [0.5, 0.6) is 0 Å². The lowest BCUT2D eigenvalue weighted by Gasteiger charge is -2.56. The molecule has 4 bridgehead atoms. The van der Waals surface area contributed by atoms with Gasteiger partial charge in [0.25, 0.3) is 5.91 Å². The number of urea groups is 1. The Kier molecular flexibility index (Phi) is 10.1. The van der Waals surface area contributed by atoms with Gasteiger partial charge in [-0.25, -0.2) is 4.79 Å². The average molecular weight is 664 g/mol. The van der Waals surface area contributed by atoms with Crippen molar-refractivity contribution in [1.82, 2.24) is 26.2 Å². The highest BCUT2D eigenvalue weighted by Crippen LogP contribution is 2.65. The molecule has 1 saturated heterocycles. The zero-order chi connectivity index (χ0) is 34.2. The van der Waals surface area contributed by atoms with Crippen molar-refractivity contribution >= 4 is 29.5 Å². The molecule has 0 aromatic rings. The normalized spacial score (nSPS) is 33.9. The predicted octanol–water partition coefficient (Wildman–Crippen LogP) is 4.40. The zero-order valence-electron chi connectivity index (χ0n) is 29.1. The molecule has 5 atom stereocenters. The van der Waals surface area contributed by atoms with Crippen LogP contribution in [0.2, 0.25) is 0 Å². The maximum atomic E-state index is 14.6. The van der Waals surface area contributed by atoms with E-state index in [1.165, 1.54) is 19.3 Å². The van der Waals surface area contributed by atoms with Crippen molar-refractivity contribution in [1.29, 1.82) is 0 Å². The number of Topliss-reactive ketones (excluding diaryl/α,β-unsaturated/α-hetero) is 1. The second kappa shape index (κ2) is 14.0. The molecular formula is C38H57N5O5. The Morgan fingerprint density at radius 1 is 0.875 bits per heavy atom. The SMILES string of the molecule is C=CCCNC(=O)C(=O)[C@@H](CCC=C)NC(=O)[C@@H]1[C@@H]2C(CN1C(=O)[C@@H](NC(=O)NC13CC4CC(CC(C4)C1)C3)C1CCCCC1)C2(C)C. The Morgan fingerprint density at radius 2 is 1.50 bits per heavy atom. The van der Waals surface area contributed by atoms with Crippen LogP contribution in [0.25, 0.3) is 0 Å². The van der Waals surface area contributed by atoms with Gasteiger partial charge >= 0.3 is 6.03 Å². The lowest BCUT2D eigenvalue weighted by Crippen LogP contribution is -2.64. The number of nitrogens with zero attached hydrogens (tertiary/aromatic N) is 1. The van der Waals surface area contributed by atoms with Crippen molar-refractivity contribution in [2.45, 2.75) is 127 Å². The first-order valence-corrected chi connectivity index (χ1v) is 18.7. The highest BCUT2D eigenvalue weighted by Gasteiger charge is 2.70. The van der Waals surface area contributed by atoms with E-state index in [0.717, 1.165) is 51.4 Å². The minimum Gasteiger partial charge on any atom is -0.349 e. The third-order valence-electron chi connectivity index (χ3n) is 13.0. The largest absolute Gasteiger partial charge is 0.349 e. The molecule has 10 heteroatoms. The van der Waals surface area contributed by atoms with Crippen LogP contribution in [0.4, 0.5) is 4.79 Å². The standard InChI is InChI=1S/C38H57N5O5/c1-5-7-14-28(32(44)34(46)39-15-8-6-2)40-33(45)31-29-27(37(29,3)4)22-43(31)35(47)30(26-12-10-9-11-13-26)41-36(48)42-38-19-23-16-24(20-38)18-25(17-23)21-38/h5-6,23-31H,1-2,7-22H2,3-4H3,(H,39,46)(H,40,45)(H2,41,42,48)/t23?,24?,25?,27?,28-,29+,30+,31+,38?/m1/s1. The fraction of sp³-hybridized carbons (Fsp3) is 0.763. The number of ketones is 1. The molecule has 0 spiro atoms. The van der Waals surface area contributed by atoms with Crippen LogP contribution in [0.15, 0.2) is 25.3 Å². The van der Waals surface area contributed by atoms with Crippen molar-refractivity contribution in [3.8, 4) is 0 Å². The Labute approximate surface area is 286 Å². The first-order chi connectivity index (χ1) is 23.0. The quantitative estimate of drug-likeness (QED) is 0.124. The number of piperidine rings is 1. The number of nitrogens with one attached hydrogen (secondary N) is 4. The minimum absolute atomic E-state index is 0.00295. The van der Waals surface area contributed by atoms with Crippen LogP contribution >= 0.6 is 0 Å². The molecule has 7 rings (SSSR count). The Morgan fingerprint density at radius 3 is 2.10 bits per heavy atom. The van der Waals surface area contributed by atoms with E-state index in [9.17, 15) is 24.0 Å². The molecule has 7 fully saturated rings. The van der Waals surface area contributed by atoms with Crippen LogP contribution in [-0.4, -0.2) is 71.2 Å². The first kappa shape index (κ1) is 34.7. The molecule has 6 saturated carbocycles. The zero-order valence-corrected chi connectivity index (χ0v) is 29.1. The predicted molar refractivity (Wildman–Crippen MR) is 183 cm³/mol. The molecule has 10 nitrogen and oxygen atoms in total. The molecule has 0 aromatic carbocycles. The van der Waals surface area contributed by atoms with Crippen molar-refractivity contribution in [2.75, 3.05) is 13.1 Å². The molecule has 4 N–H and O–H groups in total. The molecule has 0 aromatic heterocycles. The monoisotopic (exact) mass is 663 g/mol. The summed E-state index contributed by atoms with van der Waals surface area (Å²) < 4.78 is 0. The van der Waals surface area contributed by atoms with E-state index in [4.69, 9.17) is 0 Å². The molecule has 48 heavy (non-hydrogen) atoms. The van der Waals surface area contributed by atoms with Gasteiger partial charge < -0.3 is 26.2 Å². The summed E-state index contributed by atoms with van der Waals surface area (Å²) in [5.41, 5.74) is -0.309. The summed E-state index contributed by atoms with van der Waals surface area (Å²) in [7, 11) is 0. The Hall–Kier alpha value is -3.17. The molecule has 264 valence electrons. The number of fused-ring (bicyclic) bond motifs is 1. The second-order valence-electron chi connectivity index (χ2n) is 16.7. The highest BCUT2D eigenvalue weighted by atomic mass is 16.2. The van der Waals surface area contributed by atoms with Gasteiger partial charge in [0.2, 0.25) is 17.6 Å². The van der Waals surface area contributed by atoms with E-state index in [1.54, 1.807) is 17.1 Å². The summed E-state index contributed by atoms with van der Waals surface area (Å²) in [4.78, 5) is 70.2. The van der Waals surface area contributed by atoms with E-state index in [0.29, 0.717) is 37.1 Å². The van der Waals surface area contributed by atoms with Crippen molar-refractivity contribution in [3.63, 3.8) is 0 Å². The molecule has 6 aliphatic carbocycles. The summed E-state index contributed by atoms with van der Waals surface area (Å²) in [6.07, 6.45) is 16.3. The molecule has 1 heterocycles. The van der Waals surface area contributed by atoms with Crippen LogP contribution < -0.4 is 21.3 Å². The summed E-state index contributed by atoms with van der Waals surface area (Å²) in [5, 5.41) is 12.1. The van der Waals surface area contributed by atoms with E-state index in [-0.39, 0.29) is 53.6 Å². The average Bonchev–Trinajstić information content (AvgIpc) is 3.35. The van der Waals surface area contributed by atoms with Crippen LogP contribution in [0, 0.1) is 40.9 Å². The fourth-order valence-corrected chi connectivity index (χ4v) is 10.9. The number of amides is 5. The van der Waals surface area contributed by atoms with Gasteiger partial charge in [0.05, 0.1) is 6.04 Å². The number of rotatable bonds is 14. The summed E-state index contributed by atoms with van der Waals surface area (Å²) >= 11 is 0. The van der Waals surface area contributed by atoms with Crippen molar-refractivity contribution in [3.05, 3.63) is 25.3 Å². The lowest BCUT2D eigenvalue weighted by molar-refractivity contribution is -0.144. The molecule has 7 aliphatic rings. The van der Waals surface area contributed by atoms with E-state index in [2.05, 4.69) is 48.3 Å². The van der Waals surface area contributed by atoms with Gasteiger partial charge in [0, 0.05) is 18.6 Å². The smallest absolute Gasteiger partial charge is 0.315 e. The number of carbonyl (C=O) groups excluding carboxylic acids is 5. The Bertz CT molecular complexity index is 1270. The first-order valence-electron chi connectivity index (χ1n) is 18.7. The number of hydrogen-bond acceptors (Lipinski definition) is 5. The van der Waals surface area contributed by atoms with E-state index < -0.39 is 35.7 Å². The summed E-state index contributed by atoms with van der Waals surface area (Å²) in [6.45, 7) is 12.3. The molecule has 1 aliphatic heterocycles. The number of hydrogen-bond donors (Lipinski definition) is 4. The molecule has 5 amide bonds. The summed E-state index contributed by atoms with van der Waals surface area (Å²) in [6, 6.07) is -2.79.